The van der Waals surface area contributed by atoms with E-state index in [-0.39, 0.29) is 5.91 Å². The first-order valence-corrected chi connectivity index (χ1v) is 8.50. The molecule has 4 rings (SSSR count). The van der Waals surface area contributed by atoms with Crippen molar-refractivity contribution in [2.75, 3.05) is 5.32 Å². The molecule has 1 amide bonds. The third-order valence-electron chi connectivity index (χ3n) is 3.63. The largest absolute Gasteiger partial charge is 0.360 e. The van der Waals surface area contributed by atoms with E-state index >= 15 is 0 Å². The second-order valence-electron chi connectivity index (χ2n) is 5.53. The molecule has 1 atom stereocenters. The minimum absolute atomic E-state index is 0.210. The highest BCUT2D eigenvalue weighted by Crippen LogP contribution is 2.25. The molecule has 0 saturated carbocycles. The number of carbonyl (C=O) groups excluding carboxylic acids is 1. The number of thioether (sulfide) groups is 1. The molecule has 0 aliphatic heterocycles. The summed E-state index contributed by atoms with van der Waals surface area (Å²) in [5.74, 6) is 0.811. The zero-order chi connectivity index (χ0) is 17.4. The lowest BCUT2D eigenvalue weighted by molar-refractivity contribution is -0.115. The number of carbonyl (C=O) groups is 1. The lowest BCUT2D eigenvalue weighted by Gasteiger charge is -2.08. The van der Waals surface area contributed by atoms with Crippen LogP contribution in [0.15, 0.2) is 40.0 Å². The first-order valence-electron chi connectivity index (χ1n) is 7.62. The molecule has 9 heteroatoms. The highest BCUT2D eigenvalue weighted by molar-refractivity contribution is 8.00. The van der Waals surface area contributed by atoms with E-state index in [9.17, 15) is 4.79 Å². The van der Waals surface area contributed by atoms with E-state index < -0.39 is 5.25 Å². The molecule has 1 aromatic carbocycles. The van der Waals surface area contributed by atoms with Gasteiger partial charge in [-0.25, -0.2) is 4.98 Å². The quantitative estimate of drug-likeness (QED) is 0.542. The van der Waals surface area contributed by atoms with Crippen LogP contribution >= 0.6 is 11.8 Å². The number of H-pyrrole nitrogens is 1. The smallest absolute Gasteiger partial charge is 0.238 e. The normalized spacial score (nSPS) is 12.6. The fraction of sp³-hybridized carbons (Fsp3) is 0.188. The molecule has 126 valence electrons. The Balaban J connectivity index is 1.53. The Morgan fingerprint density at radius 1 is 1.32 bits per heavy atom. The van der Waals surface area contributed by atoms with Crippen LogP contribution in [0.25, 0.3) is 22.1 Å². The predicted octanol–water partition coefficient (Wildman–Crippen LogP) is 2.92. The van der Waals surface area contributed by atoms with Gasteiger partial charge in [-0.3, -0.25) is 4.79 Å². The summed E-state index contributed by atoms with van der Waals surface area (Å²) in [5, 5.41) is 15.8. The van der Waals surface area contributed by atoms with E-state index in [4.69, 9.17) is 4.52 Å². The molecule has 2 N–H and O–H groups in total. The maximum Gasteiger partial charge on any atom is 0.238 e. The van der Waals surface area contributed by atoms with Gasteiger partial charge >= 0.3 is 0 Å². The van der Waals surface area contributed by atoms with Crippen LogP contribution in [0.3, 0.4) is 0 Å². The first-order chi connectivity index (χ1) is 12.1. The van der Waals surface area contributed by atoms with Crippen LogP contribution in [0.5, 0.6) is 0 Å². The van der Waals surface area contributed by atoms with Crippen molar-refractivity contribution < 1.29 is 9.32 Å². The summed E-state index contributed by atoms with van der Waals surface area (Å²) in [5.41, 5.74) is 2.32. The Morgan fingerprint density at radius 2 is 2.16 bits per heavy atom. The molecule has 1 unspecified atom stereocenters. The molecule has 3 aromatic heterocycles. The molecule has 0 bridgehead atoms. The second-order valence-corrected chi connectivity index (χ2v) is 6.84. The van der Waals surface area contributed by atoms with Crippen molar-refractivity contribution in [1.29, 1.82) is 0 Å². The number of rotatable bonds is 4. The van der Waals surface area contributed by atoms with E-state index in [1.165, 1.54) is 11.8 Å². The summed E-state index contributed by atoms with van der Waals surface area (Å²) in [6.07, 6.45) is 0. The number of nitrogens with one attached hydrogen (secondary N) is 2. The second kappa shape index (κ2) is 6.17. The lowest BCUT2D eigenvalue weighted by atomic mass is 10.2. The minimum atomic E-state index is -0.416. The topological polar surface area (TPSA) is 110 Å². The zero-order valence-corrected chi connectivity index (χ0v) is 14.3. The van der Waals surface area contributed by atoms with E-state index in [1.807, 2.05) is 24.3 Å². The molecule has 0 saturated heterocycles. The molecular weight excluding hydrogens is 340 g/mol. The number of hydrogen-bond donors (Lipinski definition) is 2. The summed E-state index contributed by atoms with van der Waals surface area (Å²) < 4.78 is 4.93. The molecule has 4 aromatic rings. The first kappa shape index (κ1) is 15.6. The maximum absolute atomic E-state index is 12.2. The van der Waals surface area contributed by atoms with Crippen molar-refractivity contribution in [3.05, 3.63) is 36.1 Å². The average molecular weight is 354 g/mol. The molecular formula is C16H14N6O2S. The van der Waals surface area contributed by atoms with Crippen LogP contribution in [-0.2, 0) is 4.79 Å². The fourth-order valence-electron chi connectivity index (χ4n) is 2.42. The number of benzene rings is 1. The molecule has 8 nitrogen and oxygen atoms in total. The van der Waals surface area contributed by atoms with Gasteiger partial charge in [0, 0.05) is 17.0 Å². The van der Waals surface area contributed by atoms with Gasteiger partial charge in [-0.15, -0.1) is 10.2 Å². The van der Waals surface area contributed by atoms with Gasteiger partial charge in [-0.05, 0) is 19.9 Å². The minimum Gasteiger partial charge on any atom is -0.360 e. The number of nitrogens with zero attached hydrogens (tertiary/aromatic N) is 4. The summed E-state index contributed by atoms with van der Waals surface area (Å²) in [4.78, 5) is 19.9. The molecule has 0 aliphatic carbocycles. The number of anilines is 1. The van der Waals surface area contributed by atoms with Gasteiger partial charge in [0.25, 0.3) is 0 Å². The monoisotopic (exact) mass is 354 g/mol. The van der Waals surface area contributed by atoms with Crippen LogP contribution < -0.4 is 5.32 Å². The summed E-state index contributed by atoms with van der Waals surface area (Å²) in [6, 6.07) is 9.47. The summed E-state index contributed by atoms with van der Waals surface area (Å²) >= 11 is 1.23. The van der Waals surface area contributed by atoms with Crippen LogP contribution in [0.2, 0.25) is 0 Å². The van der Waals surface area contributed by atoms with Crippen molar-refractivity contribution in [2.45, 2.75) is 24.3 Å². The van der Waals surface area contributed by atoms with Gasteiger partial charge in [0.2, 0.25) is 11.1 Å². The number of aromatic nitrogens is 5. The van der Waals surface area contributed by atoms with Gasteiger partial charge in [-0.2, -0.15) is 0 Å². The van der Waals surface area contributed by atoms with Crippen molar-refractivity contribution in [3.8, 4) is 0 Å². The lowest BCUT2D eigenvalue weighted by Crippen LogP contribution is -2.22. The molecule has 0 radical (unpaired) electrons. The van der Waals surface area contributed by atoms with Gasteiger partial charge in [0.1, 0.15) is 11.3 Å². The molecule has 3 heterocycles. The Hall–Kier alpha value is -2.94. The number of aromatic amines is 1. The zero-order valence-electron chi connectivity index (χ0n) is 13.5. The van der Waals surface area contributed by atoms with Crippen LogP contribution in [0, 0.1) is 6.92 Å². The van der Waals surface area contributed by atoms with Gasteiger partial charge < -0.3 is 14.8 Å². The van der Waals surface area contributed by atoms with Crippen LogP contribution in [0.1, 0.15) is 12.7 Å². The fourth-order valence-corrected chi connectivity index (χ4v) is 3.13. The molecule has 0 spiro atoms. The Morgan fingerprint density at radius 3 is 2.96 bits per heavy atom. The summed E-state index contributed by atoms with van der Waals surface area (Å²) in [6.45, 7) is 3.53. The van der Waals surface area contributed by atoms with E-state index in [2.05, 4.69) is 30.6 Å². The summed E-state index contributed by atoms with van der Waals surface area (Å²) in [7, 11) is 0. The number of hydrogen-bond acceptors (Lipinski definition) is 7. The maximum atomic E-state index is 12.2. The SMILES string of the molecule is Cc1cc(NC(=O)C(C)Sc2nnc3c(n2)[nH]c2ccccc23)no1. The highest BCUT2D eigenvalue weighted by Gasteiger charge is 2.18. The average Bonchev–Trinajstić information content (AvgIpc) is 3.17. The highest BCUT2D eigenvalue weighted by atomic mass is 32.2. The molecule has 0 fully saturated rings. The van der Waals surface area contributed by atoms with Gasteiger partial charge in [-0.1, -0.05) is 35.1 Å². The molecule has 25 heavy (non-hydrogen) atoms. The standard InChI is InChI=1S/C16H14N6O2S/c1-8-7-12(22-24-8)18-15(23)9(2)25-16-19-14-13(20-21-16)10-5-3-4-6-11(10)17-14/h3-7,9H,1-2H3,(H,17,19,21)(H,18,22,23). The number of aryl methyl sites for hydroxylation is 1. The van der Waals surface area contributed by atoms with Gasteiger partial charge in [0.15, 0.2) is 11.5 Å². The Labute approximate surface area is 146 Å². The number of amides is 1. The van der Waals surface area contributed by atoms with Crippen molar-refractivity contribution in [1.82, 2.24) is 25.3 Å². The van der Waals surface area contributed by atoms with Crippen LogP contribution in [0.4, 0.5) is 5.82 Å². The number of fused-ring (bicyclic) bond motifs is 3. The van der Waals surface area contributed by atoms with Crippen molar-refractivity contribution in [3.63, 3.8) is 0 Å². The van der Waals surface area contributed by atoms with Crippen molar-refractivity contribution >= 4 is 45.6 Å². The number of para-hydroxylation sites is 1. The predicted molar refractivity (Wildman–Crippen MR) is 94.4 cm³/mol. The third kappa shape index (κ3) is 3.05. The van der Waals surface area contributed by atoms with Crippen molar-refractivity contribution in [2.24, 2.45) is 0 Å². The van der Waals surface area contributed by atoms with Crippen LogP contribution in [-0.4, -0.2) is 36.5 Å². The van der Waals surface area contributed by atoms with E-state index in [0.717, 1.165) is 16.4 Å². The van der Waals surface area contributed by atoms with E-state index in [1.54, 1.807) is 19.9 Å². The van der Waals surface area contributed by atoms with Gasteiger partial charge in [0.05, 0.1) is 5.25 Å². The third-order valence-corrected chi connectivity index (χ3v) is 4.58. The van der Waals surface area contributed by atoms with E-state index in [0.29, 0.717) is 22.4 Å². The Bertz CT molecular complexity index is 1070. The Kier molecular flexibility index (Phi) is 3.85. The molecule has 0 aliphatic rings.